The second-order valence-corrected chi connectivity index (χ2v) is 4.07. The summed E-state index contributed by atoms with van der Waals surface area (Å²) in [5.74, 6) is -0.683. The molecular weight excluding hydrogens is 233 g/mol. The Kier molecular flexibility index (Phi) is 6.19. The van der Waals surface area contributed by atoms with Crippen LogP contribution in [0.4, 0.5) is 10.1 Å². The van der Waals surface area contributed by atoms with E-state index in [1.54, 1.807) is 25.1 Å². The van der Waals surface area contributed by atoms with E-state index in [0.29, 0.717) is 18.7 Å². The van der Waals surface area contributed by atoms with E-state index in [2.05, 4.69) is 5.32 Å². The van der Waals surface area contributed by atoms with Gasteiger partial charge in [0.1, 0.15) is 11.9 Å². The van der Waals surface area contributed by atoms with Gasteiger partial charge in [0, 0.05) is 0 Å². The summed E-state index contributed by atoms with van der Waals surface area (Å²) in [5, 5.41) is 2.92. The van der Waals surface area contributed by atoms with Gasteiger partial charge < -0.3 is 10.1 Å². The molecule has 0 bridgehead atoms. The van der Waals surface area contributed by atoms with Gasteiger partial charge in [-0.15, -0.1) is 0 Å². The Morgan fingerprint density at radius 2 is 2.11 bits per heavy atom. The third-order valence-electron chi connectivity index (χ3n) is 2.62. The first kappa shape index (κ1) is 14.5. The molecule has 0 amide bonds. The summed E-state index contributed by atoms with van der Waals surface area (Å²) < 4.78 is 18.5. The summed E-state index contributed by atoms with van der Waals surface area (Å²) in [5.41, 5.74) is 0.339. The van der Waals surface area contributed by atoms with Gasteiger partial charge in [0.05, 0.1) is 12.3 Å². The van der Waals surface area contributed by atoms with Crippen LogP contribution in [0.2, 0.25) is 0 Å². The molecule has 0 heterocycles. The summed E-state index contributed by atoms with van der Waals surface area (Å²) in [6, 6.07) is 5.85. The van der Waals surface area contributed by atoms with Crippen LogP contribution in [0.3, 0.4) is 0 Å². The van der Waals surface area contributed by atoms with E-state index in [1.165, 1.54) is 6.07 Å². The molecule has 0 saturated heterocycles. The number of halogens is 1. The van der Waals surface area contributed by atoms with E-state index in [9.17, 15) is 9.18 Å². The minimum absolute atomic E-state index is 0.325. The molecule has 1 aromatic rings. The monoisotopic (exact) mass is 253 g/mol. The third-order valence-corrected chi connectivity index (χ3v) is 2.62. The Balaban J connectivity index is 2.71. The standard InChI is InChI=1S/C14H20FNO2/c1-3-5-9-13(14(17)18-4-2)16-12-10-7-6-8-11(12)15/h6-8,10,13,16H,3-5,9H2,1-2H3. The van der Waals surface area contributed by atoms with Crippen LogP contribution >= 0.6 is 0 Å². The normalized spacial score (nSPS) is 11.9. The highest BCUT2D eigenvalue weighted by atomic mass is 19.1. The molecule has 1 unspecified atom stereocenters. The predicted molar refractivity (Wildman–Crippen MR) is 70.0 cm³/mol. The van der Waals surface area contributed by atoms with Crippen LogP contribution in [-0.4, -0.2) is 18.6 Å². The Bertz CT molecular complexity index is 382. The molecule has 1 rings (SSSR count). The van der Waals surface area contributed by atoms with Crippen molar-refractivity contribution in [2.75, 3.05) is 11.9 Å². The van der Waals surface area contributed by atoms with Crippen molar-refractivity contribution in [3.05, 3.63) is 30.1 Å². The van der Waals surface area contributed by atoms with Crippen molar-refractivity contribution in [3.63, 3.8) is 0 Å². The first-order valence-electron chi connectivity index (χ1n) is 6.36. The number of carbonyl (C=O) groups excluding carboxylic acids is 1. The van der Waals surface area contributed by atoms with Crippen molar-refractivity contribution in [3.8, 4) is 0 Å². The Morgan fingerprint density at radius 1 is 1.39 bits per heavy atom. The molecular formula is C14H20FNO2. The lowest BCUT2D eigenvalue weighted by atomic mass is 10.1. The highest BCUT2D eigenvalue weighted by Gasteiger charge is 2.19. The zero-order chi connectivity index (χ0) is 13.4. The van der Waals surface area contributed by atoms with Gasteiger partial charge >= 0.3 is 5.97 Å². The molecule has 0 aliphatic rings. The molecule has 100 valence electrons. The van der Waals surface area contributed by atoms with Crippen molar-refractivity contribution in [2.45, 2.75) is 39.2 Å². The fourth-order valence-electron chi connectivity index (χ4n) is 1.67. The van der Waals surface area contributed by atoms with Gasteiger partial charge in [-0.1, -0.05) is 31.9 Å². The minimum Gasteiger partial charge on any atom is -0.464 e. The van der Waals surface area contributed by atoms with Gasteiger partial charge in [-0.3, -0.25) is 0 Å². The average molecular weight is 253 g/mol. The maximum atomic E-state index is 13.5. The number of hydrogen-bond donors (Lipinski definition) is 1. The van der Waals surface area contributed by atoms with Crippen LogP contribution in [0.25, 0.3) is 0 Å². The second-order valence-electron chi connectivity index (χ2n) is 4.07. The zero-order valence-corrected chi connectivity index (χ0v) is 10.9. The van der Waals surface area contributed by atoms with E-state index < -0.39 is 6.04 Å². The molecule has 1 N–H and O–H groups in total. The van der Waals surface area contributed by atoms with Crippen molar-refractivity contribution in [1.82, 2.24) is 0 Å². The number of ether oxygens (including phenoxy) is 1. The fraction of sp³-hybridized carbons (Fsp3) is 0.500. The number of hydrogen-bond acceptors (Lipinski definition) is 3. The number of benzene rings is 1. The lowest BCUT2D eigenvalue weighted by Crippen LogP contribution is -2.31. The van der Waals surface area contributed by atoms with E-state index in [-0.39, 0.29) is 11.8 Å². The molecule has 0 spiro atoms. The summed E-state index contributed by atoms with van der Waals surface area (Å²) in [7, 11) is 0. The maximum absolute atomic E-state index is 13.5. The second kappa shape index (κ2) is 7.69. The number of para-hydroxylation sites is 1. The first-order valence-corrected chi connectivity index (χ1v) is 6.36. The van der Waals surface area contributed by atoms with Crippen LogP contribution in [0.1, 0.15) is 33.1 Å². The van der Waals surface area contributed by atoms with Gasteiger partial charge in [0.25, 0.3) is 0 Å². The topological polar surface area (TPSA) is 38.3 Å². The van der Waals surface area contributed by atoms with Crippen LogP contribution in [0.15, 0.2) is 24.3 Å². The quantitative estimate of drug-likeness (QED) is 0.757. The largest absolute Gasteiger partial charge is 0.464 e. The average Bonchev–Trinajstić information content (AvgIpc) is 2.36. The Hall–Kier alpha value is -1.58. The smallest absolute Gasteiger partial charge is 0.328 e. The molecule has 3 nitrogen and oxygen atoms in total. The molecule has 1 atom stereocenters. The van der Waals surface area contributed by atoms with Crippen molar-refractivity contribution >= 4 is 11.7 Å². The molecule has 0 saturated carbocycles. The number of esters is 1. The van der Waals surface area contributed by atoms with Crippen LogP contribution in [0, 0.1) is 5.82 Å². The van der Waals surface area contributed by atoms with E-state index in [1.807, 2.05) is 6.92 Å². The van der Waals surface area contributed by atoms with Gasteiger partial charge in [-0.25, -0.2) is 9.18 Å². The summed E-state index contributed by atoms with van der Waals surface area (Å²) >= 11 is 0. The SMILES string of the molecule is CCCCC(Nc1ccccc1F)C(=O)OCC. The number of carbonyl (C=O) groups is 1. The molecule has 0 fully saturated rings. The van der Waals surface area contributed by atoms with E-state index in [0.717, 1.165) is 12.8 Å². The van der Waals surface area contributed by atoms with Gasteiger partial charge in [-0.2, -0.15) is 0 Å². The molecule has 0 aliphatic carbocycles. The van der Waals surface area contributed by atoms with E-state index >= 15 is 0 Å². The number of unbranched alkanes of at least 4 members (excludes halogenated alkanes) is 1. The third kappa shape index (κ3) is 4.35. The molecule has 1 aromatic carbocycles. The highest BCUT2D eigenvalue weighted by Crippen LogP contribution is 2.16. The number of anilines is 1. The van der Waals surface area contributed by atoms with Gasteiger partial charge in [0.15, 0.2) is 0 Å². The Labute approximate surface area is 107 Å². The molecule has 4 heteroatoms. The van der Waals surface area contributed by atoms with Gasteiger partial charge in [0.2, 0.25) is 0 Å². The number of rotatable bonds is 7. The van der Waals surface area contributed by atoms with Crippen LogP contribution in [0.5, 0.6) is 0 Å². The molecule has 0 aliphatic heterocycles. The first-order chi connectivity index (χ1) is 8.69. The Morgan fingerprint density at radius 3 is 2.72 bits per heavy atom. The van der Waals surface area contributed by atoms with Crippen molar-refractivity contribution < 1.29 is 13.9 Å². The summed E-state index contributed by atoms with van der Waals surface area (Å²) in [4.78, 5) is 11.8. The zero-order valence-electron chi connectivity index (χ0n) is 10.9. The lowest BCUT2D eigenvalue weighted by Gasteiger charge is -2.18. The minimum atomic E-state index is -0.484. The maximum Gasteiger partial charge on any atom is 0.328 e. The van der Waals surface area contributed by atoms with Crippen LogP contribution in [-0.2, 0) is 9.53 Å². The fourth-order valence-corrected chi connectivity index (χ4v) is 1.67. The summed E-state index contributed by atoms with van der Waals surface area (Å²) in [6.45, 7) is 4.14. The van der Waals surface area contributed by atoms with Gasteiger partial charge in [-0.05, 0) is 25.5 Å². The molecule has 18 heavy (non-hydrogen) atoms. The highest BCUT2D eigenvalue weighted by molar-refractivity contribution is 5.79. The summed E-state index contributed by atoms with van der Waals surface area (Å²) in [6.07, 6.45) is 2.52. The number of nitrogens with one attached hydrogen (secondary N) is 1. The van der Waals surface area contributed by atoms with Crippen molar-refractivity contribution in [2.24, 2.45) is 0 Å². The molecule has 0 radical (unpaired) electrons. The predicted octanol–water partition coefficient (Wildman–Crippen LogP) is 3.36. The molecule has 0 aromatic heterocycles. The van der Waals surface area contributed by atoms with E-state index in [4.69, 9.17) is 4.74 Å². The lowest BCUT2D eigenvalue weighted by molar-refractivity contribution is -0.144. The van der Waals surface area contributed by atoms with Crippen LogP contribution < -0.4 is 5.32 Å². The van der Waals surface area contributed by atoms with Crippen molar-refractivity contribution in [1.29, 1.82) is 0 Å².